The fourth-order valence-electron chi connectivity index (χ4n) is 2.42. The van der Waals surface area contributed by atoms with Crippen molar-refractivity contribution in [3.05, 3.63) is 26.7 Å². The molecule has 1 atom stereocenters. The summed E-state index contributed by atoms with van der Waals surface area (Å²) in [7, 11) is 2.85. The Morgan fingerprint density at radius 1 is 1.15 bits per heavy atom. The number of aromatic nitrogens is 4. The van der Waals surface area contributed by atoms with Crippen LogP contribution >= 0.6 is 11.8 Å². The van der Waals surface area contributed by atoms with Crippen LogP contribution in [-0.4, -0.2) is 42.7 Å². The van der Waals surface area contributed by atoms with Crippen LogP contribution in [-0.2, 0) is 28.4 Å². The number of rotatable bonds is 6. The highest BCUT2D eigenvalue weighted by molar-refractivity contribution is 8.01. The molecule has 0 aromatic carbocycles. The summed E-state index contributed by atoms with van der Waals surface area (Å²) in [5, 5.41) is -0.900. The van der Waals surface area contributed by atoms with E-state index in [1.54, 1.807) is 6.92 Å². The van der Waals surface area contributed by atoms with Crippen LogP contribution in [0.1, 0.15) is 39.4 Å². The van der Waals surface area contributed by atoms with Gasteiger partial charge in [0.15, 0.2) is 16.7 Å². The van der Waals surface area contributed by atoms with Gasteiger partial charge in [0.2, 0.25) is 0 Å². The summed E-state index contributed by atoms with van der Waals surface area (Å²) in [5.74, 6) is -0.807. The highest BCUT2D eigenvalue weighted by Crippen LogP contribution is 2.29. The van der Waals surface area contributed by atoms with Gasteiger partial charge in [-0.25, -0.2) is 14.8 Å². The molecule has 0 amide bonds. The first kappa shape index (κ1) is 20.8. The third kappa shape index (κ3) is 3.95. The van der Waals surface area contributed by atoms with Gasteiger partial charge in [0, 0.05) is 20.0 Å². The number of carbonyl (C=O) groups excluding carboxylic acids is 2. The number of esters is 1. The van der Waals surface area contributed by atoms with Crippen LogP contribution in [0.5, 0.6) is 0 Å². The fraction of sp³-hybridized carbons (Fsp3) is 0.529. The lowest BCUT2D eigenvalue weighted by atomic mass is 10.2. The summed E-state index contributed by atoms with van der Waals surface area (Å²) in [6.45, 7) is 6.77. The Morgan fingerprint density at radius 3 is 2.30 bits per heavy atom. The van der Waals surface area contributed by atoms with Gasteiger partial charge in [0.25, 0.3) is 5.56 Å². The molecule has 2 aromatic rings. The summed E-state index contributed by atoms with van der Waals surface area (Å²) in [6, 6.07) is 0. The Hall–Kier alpha value is -2.49. The third-order valence-electron chi connectivity index (χ3n) is 3.90. The molecule has 0 bridgehead atoms. The zero-order valence-electron chi connectivity index (χ0n) is 16.1. The summed E-state index contributed by atoms with van der Waals surface area (Å²) in [5.41, 5.74) is -0.946. The van der Waals surface area contributed by atoms with Gasteiger partial charge in [0.1, 0.15) is 16.2 Å². The summed E-state index contributed by atoms with van der Waals surface area (Å²) >= 11 is 0.839. The normalized spacial score (nSPS) is 12.4. The third-order valence-corrected chi connectivity index (χ3v) is 5.18. The molecule has 0 saturated heterocycles. The largest absolute Gasteiger partial charge is 0.465 e. The number of fused-ring (bicyclic) bond motifs is 1. The second-order valence-electron chi connectivity index (χ2n) is 6.31. The SMILES string of the molecule is CCOC(=O)[C@@H](Sc1nc(C(C)C)nc2c1c(=O)n(C)c(=O)n2C)C(C)=O. The molecule has 0 aliphatic heterocycles. The predicted octanol–water partition coefficient (Wildman–Crippen LogP) is 0.763. The topological polar surface area (TPSA) is 113 Å². The number of Topliss-reactive ketones (excluding diaryl/α,β-unsaturated/α-hetero) is 1. The first-order valence-corrected chi connectivity index (χ1v) is 9.29. The first-order chi connectivity index (χ1) is 12.6. The molecule has 27 heavy (non-hydrogen) atoms. The monoisotopic (exact) mass is 394 g/mol. The van der Waals surface area contributed by atoms with Gasteiger partial charge in [-0.15, -0.1) is 0 Å². The second-order valence-corrected chi connectivity index (χ2v) is 7.40. The molecule has 0 unspecified atom stereocenters. The molecule has 146 valence electrons. The number of ether oxygens (including phenoxy) is 1. The maximum Gasteiger partial charge on any atom is 0.332 e. The van der Waals surface area contributed by atoms with Crippen LogP contribution < -0.4 is 11.2 Å². The predicted molar refractivity (Wildman–Crippen MR) is 101 cm³/mol. The van der Waals surface area contributed by atoms with Crippen LogP contribution in [0, 0.1) is 0 Å². The van der Waals surface area contributed by atoms with E-state index in [1.807, 2.05) is 13.8 Å². The van der Waals surface area contributed by atoms with Crippen molar-refractivity contribution in [2.75, 3.05) is 6.61 Å². The minimum absolute atomic E-state index is 0.0875. The minimum atomic E-state index is -1.16. The van der Waals surface area contributed by atoms with Crippen molar-refractivity contribution in [3.8, 4) is 0 Å². The van der Waals surface area contributed by atoms with E-state index in [2.05, 4.69) is 9.97 Å². The first-order valence-electron chi connectivity index (χ1n) is 8.41. The maximum absolute atomic E-state index is 12.7. The van der Waals surface area contributed by atoms with Crippen LogP contribution in [0.4, 0.5) is 0 Å². The van der Waals surface area contributed by atoms with E-state index in [-0.39, 0.29) is 28.6 Å². The summed E-state index contributed by atoms with van der Waals surface area (Å²) in [6.07, 6.45) is 0. The fourth-order valence-corrected chi connectivity index (χ4v) is 3.41. The number of nitrogens with zero attached hydrogens (tertiary/aromatic N) is 4. The summed E-state index contributed by atoms with van der Waals surface area (Å²) < 4.78 is 7.16. The second kappa shape index (κ2) is 8.03. The van der Waals surface area contributed by atoms with Gasteiger partial charge in [-0.05, 0) is 13.8 Å². The van der Waals surface area contributed by atoms with Gasteiger partial charge in [-0.3, -0.25) is 23.5 Å². The van der Waals surface area contributed by atoms with Crippen molar-refractivity contribution >= 4 is 34.5 Å². The van der Waals surface area contributed by atoms with Crippen molar-refractivity contribution in [1.82, 2.24) is 19.1 Å². The molecule has 10 heteroatoms. The Balaban J connectivity index is 2.81. The average molecular weight is 394 g/mol. The van der Waals surface area contributed by atoms with E-state index >= 15 is 0 Å². The molecule has 9 nitrogen and oxygen atoms in total. The highest BCUT2D eigenvalue weighted by atomic mass is 32.2. The highest BCUT2D eigenvalue weighted by Gasteiger charge is 2.29. The van der Waals surface area contributed by atoms with E-state index in [1.165, 1.54) is 25.6 Å². The van der Waals surface area contributed by atoms with Crippen molar-refractivity contribution < 1.29 is 14.3 Å². The van der Waals surface area contributed by atoms with Crippen molar-refractivity contribution in [1.29, 1.82) is 0 Å². The van der Waals surface area contributed by atoms with E-state index in [4.69, 9.17) is 4.74 Å². The average Bonchev–Trinajstić information content (AvgIpc) is 2.61. The molecule has 0 aliphatic rings. The van der Waals surface area contributed by atoms with Crippen molar-refractivity contribution in [2.24, 2.45) is 14.1 Å². The van der Waals surface area contributed by atoms with Crippen molar-refractivity contribution in [3.63, 3.8) is 0 Å². The zero-order chi connectivity index (χ0) is 20.5. The minimum Gasteiger partial charge on any atom is -0.465 e. The molecule has 0 aliphatic carbocycles. The lowest BCUT2D eigenvalue weighted by Gasteiger charge is -2.16. The molecule has 0 saturated carbocycles. The number of hydrogen-bond acceptors (Lipinski definition) is 8. The Bertz CT molecular complexity index is 1020. The molecule has 2 rings (SSSR count). The van der Waals surface area contributed by atoms with Crippen LogP contribution in [0.2, 0.25) is 0 Å². The van der Waals surface area contributed by atoms with E-state index in [0.29, 0.717) is 5.82 Å². The van der Waals surface area contributed by atoms with Crippen molar-refractivity contribution in [2.45, 2.75) is 43.9 Å². The number of carbonyl (C=O) groups is 2. The van der Waals surface area contributed by atoms with Gasteiger partial charge >= 0.3 is 11.7 Å². The molecular weight excluding hydrogens is 372 g/mol. The van der Waals surface area contributed by atoms with E-state index in [0.717, 1.165) is 16.3 Å². The Morgan fingerprint density at radius 2 is 1.78 bits per heavy atom. The molecule has 0 fully saturated rings. The van der Waals surface area contributed by atoms with Crippen LogP contribution in [0.3, 0.4) is 0 Å². The van der Waals surface area contributed by atoms with Crippen LogP contribution in [0.15, 0.2) is 14.6 Å². The Kier molecular flexibility index (Phi) is 6.19. The van der Waals surface area contributed by atoms with Gasteiger partial charge < -0.3 is 4.74 Å². The summed E-state index contributed by atoms with van der Waals surface area (Å²) in [4.78, 5) is 57.9. The molecule has 2 aromatic heterocycles. The van der Waals surface area contributed by atoms with Crippen LogP contribution in [0.25, 0.3) is 11.0 Å². The number of ketones is 1. The molecule has 0 spiro atoms. The maximum atomic E-state index is 12.7. The molecular formula is C17H22N4O5S. The van der Waals surface area contributed by atoms with E-state index < -0.39 is 28.3 Å². The quantitative estimate of drug-likeness (QED) is 0.305. The molecule has 2 heterocycles. The lowest BCUT2D eigenvalue weighted by Crippen LogP contribution is -2.38. The molecule has 0 N–H and O–H groups in total. The number of aryl methyl sites for hydroxylation is 1. The zero-order valence-corrected chi connectivity index (χ0v) is 16.9. The standard InChI is InChI=1S/C17H22N4O5S/c1-7-26-16(24)11(9(4)22)27-14-10-13(18-12(19-14)8(2)3)20(5)17(25)21(6)15(10)23/h8,11H,7H2,1-6H3/t11-/m0/s1. The smallest absolute Gasteiger partial charge is 0.332 e. The number of hydrogen-bond donors (Lipinski definition) is 0. The number of thioether (sulfide) groups is 1. The van der Waals surface area contributed by atoms with Gasteiger partial charge in [-0.1, -0.05) is 25.6 Å². The van der Waals surface area contributed by atoms with Gasteiger partial charge in [-0.2, -0.15) is 0 Å². The Labute approximate surface area is 159 Å². The lowest BCUT2D eigenvalue weighted by molar-refractivity contribution is -0.144. The molecule has 0 radical (unpaired) electrons. The van der Waals surface area contributed by atoms with E-state index in [9.17, 15) is 19.2 Å². The van der Waals surface area contributed by atoms with Gasteiger partial charge in [0.05, 0.1) is 6.61 Å².